The molecule has 3 N–H and O–H groups in total. The van der Waals surface area contributed by atoms with Crippen LogP contribution in [0.25, 0.3) is 0 Å². The van der Waals surface area contributed by atoms with Crippen LogP contribution in [0, 0.1) is 5.92 Å². The van der Waals surface area contributed by atoms with Crippen LogP contribution < -0.4 is 15.4 Å². The largest absolute Gasteiger partial charge is 0.516 e. The molecule has 1 saturated heterocycles. The van der Waals surface area contributed by atoms with Crippen LogP contribution in [0.4, 0.5) is 18.0 Å². The molecule has 1 aromatic rings. The lowest BCUT2D eigenvalue weighted by Gasteiger charge is -2.21. The molecule has 2 fully saturated rings. The van der Waals surface area contributed by atoms with Crippen molar-refractivity contribution in [3.8, 4) is 0 Å². The van der Waals surface area contributed by atoms with Crippen molar-refractivity contribution in [3.05, 3.63) is 47.5 Å². The Morgan fingerprint density at radius 3 is 2.49 bits per heavy atom. The van der Waals surface area contributed by atoms with Crippen molar-refractivity contribution in [2.45, 2.75) is 75.3 Å². The molecule has 4 rings (SSSR count). The average molecular weight is 573 g/mol. The Morgan fingerprint density at radius 2 is 1.87 bits per heavy atom. The summed E-state index contributed by atoms with van der Waals surface area (Å²) >= 11 is 0. The van der Waals surface area contributed by atoms with E-state index in [4.69, 9.17) is 4.74 Å². The number of amides is 3. The Bertz CT molecular complexity index is 1230. The van der Waals surface area contributed by atoms with Crippen LogP contribution in [-0.4, -0.2) is 61.0 Å². The molecule has 3 aliphatic rings. The van der Waals surface area contributed by atoms with Gasteiger partial charge in [-0.1, -0.05) is 56.2 Å². The van der Waals surface area contributed by atoms with Gasteiger partial charge >= 0.3 is 21.6 Å². The van der Waals surface area contributed by atoms with E-state index < -0.39 is 57.0 Å². The summed E-state index contributed by atoms with van der Waals surface area (Å²) < 4.78 is 68.4. The van der Waals surface area contributed by atoms with E-state index >= 15 is 0 Å². The van der Waals surface area contributed by atoms with Crippen molar-refractivity contribution in [3.63, 3.8) is 0 Å². The van der Waals surface area contributed by atoms with E-state index in [1.165, 1.54) is 4.90 Å². The predicted molar refractivity (Wildman–Crippen MR) is 133 cm³/mol. The molecule has 0 spiro atoms. The summed E-state index contributed by atoms with van der Waals surface area (Å²) in [5, 5.41) is 5.37. The highest BCUT2D eigenvalue weighted by molar-refractivity contribution is 7.90. The Balaban J connectivity index is 1.36. The lowest BCUT2D eigenvalue weighted by atomic mass is 10.1. The maximum Gasteiger partial charge on any atom is 0.516 e. The molecule has 1 aliphatic carbocycles. The fraction of sp³-hybridized carbons (Fsp3) is 0.560. The molecular formula is C25H31F3N4O6S. The van der Waals surface area contributed by atoms with E-state index in [0.717, 1.165) is 28.7 Å². The summed E-state index contributed by atoms with van der Waals surface area (Å²) in [5.41, 5.74) is -5.48. The third-order valence-electron chi connectivity index (χ3n) is 7.16. The zero-order chi connectivity index (χ0) is 28.4. The minimum Gasteiger partial charge on any atom is -0.445 e. The fourth-order valence-electron chi connectivity index (χ4n) is 4.81. The number of nitrogens with zero attached hydrogens (tertiary/aromatic N) is 1. The molecule has 0 unspecified atom stereocenters. The van der Waals surface area contributed by atoms with E-state index in [-0.39, 0.29) is 19.4 Å². The van der Waals surface area contributed by atoms with Crippen molar-refractivity contribution >= 4 is 27.9 Å². The second kappa shape index (κ2) is 11.2. The number of carbonyl (C=O) groups excluding carboxylic acids is 3. The average Bonchev–Trinajstić information content (AvgIpc) is 3.19. The molecule has 10 nitrogen and oxygen atoms in total. The third-order valence-corrected chi connectivity index (χ3v) is 8.23. The number of halogens is 3. The van der Waals surface area contributed by atoms with Gasteiger partial charge in [-0.25, -0.2) is 9.52 Å². The van der Waals surface area contributed by atoms with Gasteiger partial charge in [0.15, 0.2) is 0 Å². The molecule has 0 radical (unpaired) electrons. The number of sulfonamides is 1. The standard InChI is InChI=1S/C25H31F3N4O6S/c1-2-3-4-5-10-18-12-24(18,22(34)31-39(36,37)25(26,27)28)30-21(33)20-11-19(13-29-20)38-23(35)32-14-16-8-6-7-9-17(16)15-32/h5-10,18-20,29H,2-4,11-15H2,1H3,(H,30,33)(H,31,34)/b10-5-/t18-,19-,20+,24-/m1/s1. The van der Waals surface area contributed by atoms with E-state index in [1.54, 1.807) is 12.2 Å². The first-order valence-electron chi connectivity index (χ1n) is 12.7. The molecule has 0 aromatic heterocycles. The number of benzene rings is 1. The number of carbonyl (C=O) groups is 3. The van der Waals surface area contributed by atoms with Crippen molar-refractivity contribution in [2.24, 2.45) is 5.92 Å². The van der Waals surface area contributed by atoms with Gasteiger partial charge in [0, 0.05) is 32.0 Å². The highest BCUT2D eigenvalue weighted by atomic mass is 32.2. The summed E-state index contributed by atoms with van der Waals surface area (Å²) in [6, 6.07) is 6.73. The summed E-state index contributed by atoms with van der Waals surface area (Å²) in [6.45, 7) is 2.95. The second-order valence-corrected chi connectivity index (χ2v) is 11.7. The minimum atomic E-state index is -5.95. The molecule has 3 amide bonds. The van der Waals surface area contributed by atoms with Crippen molar-refractivity contribution in [2.75, 3.05) is 6.54 Å². The van der Waals surface area contributed by atoms with E-state index in [0.29, 0.717) is 19.5 Å². The second-order valence-electron chi connectivity index (χ2n) is 10.0. The van der Waals surface area contributed by atoms with Gasteiger partial charge in [-0.2, -0.15) is 21.6 Å². The van der Waals surface area contributed by atoms with Crippen LogP contribution in [0.1, 0.15) is 50.2 Å². The summed E-state index contributed by atoms with van der Waals surface area (Å²) in [7, 11) is -5.95. The number of rotatable bonds is 9. The first-order chi connectivity index (χ1) is 18.4. The van der Waals surface area contributed by atoms with Crippen LogP contribution in [0.5, 0.6) is 0 Å². The fourth-order valence-corrected chi connectivity index (χ4v) is 5.36. The van der Waals surface area contributed by atoms with E-state index in [1.807, 2.05) is 31.2 Å². The zero-order valence-corrected chi connectivity index (χ0v) is 22.1. The molecule has 1 aromatic carbocycles. The molecule has 4 atom stereocenters. The summed E-state index contributed by atoms with van der Waals surface area (Å²) in [4.78, 5) is 40.0. The molecule has 2 aliphatic heterocycles. The molecule has 14 heteroatoms. The van der Waals surface area contributed by atoms with Crippen LogP contribution in [0.15, 0.2) is 36.4 Å². The number of unbranched alkanes of at least 4 members (excludes halogenated alkanes) is 2. The summed E-state index contributed by atoms with van der Waals surface area (Å²) in [6.07, 6.45) is 4.64. The minimum absolute atomic E-state index is 0.0543. The van der Waals surface area contributed by atoms with Crippen LogP contribution in [0.2, 0.25) is 0 Å². The van der Waals surface area contributed by atoms with Gasteiger partial charge in [0.1, 0.15) is 11.6 Å². The number of alkyl halides is 3. The molecule has 1 saturated carbocycles. The normalized spacial score (nSPS) is 26.4. The number of hydrogen-bond acceptors (Lipinski definition) is 7. The molecule has 39 heavy (non-hydrogen) atoms. The monoisotopic (exact) mass is 572 g/mol. The van der Waals surface area contributed by atoms with Gasteiger partial charge in [-0.05, 0) is 24.0 Å². The van der Waals surface area contributed by atoms with Crippen molar-refractivity contribution < 1.29 is 40.7 Å². The Morgan fingerprint density at radius 1 is 1.21 bits per heavy atom. The van der Waals surface area contributed by atoms with Gasteiger partial charge in [-0.15, -0.1) is 0 Å². The Kier molecular flexibility index (Phi) is 8.26. The lowest BCUT2D eigenvalue weighted by molar-refractivity contribution is -0.130. The quantitative estimate of drug-likeness (QED) is 0.306. The van der Waals surface area contributed by atoms with Gasteiger partial charge in [0.2, 0.25) is 5.91 Å². The number of hydrogen-bond donors (Lipinski definition) is 3. The van der Waals surface area contributed by atoms with Gasteiger partial charge in [0.25, 0.3) is 5.91 Å². The lowest BCUT2D eigenvalue weighted by Crippen LogP contribution is -2.56. The van der Waals surface area contributed by atoms with Crippen LogP contribution >= 0.6 is 0 Å². The highest BCUT2D eigenvalue weighted by Crippen LogP contribution is 2.45. The van der Waals surface area contributed by atoms with Gasteiger partial charge < -0.3 is 15.4 Å². The molecular weight excluding hydrogens is 541 g/mol. The Hall–Kier alpha value is -3.13. The molecule has 214 valence electrons. The molecule has 2 heterocycles. The smallest absolute Gasteiger partial charge is 0.445 e. The van der Waals surface area contributed by atoms with Gasteiger partial charge in [0.05, 0.1) is 6.04 Å². The third kappa shape index (κ3) is 6.38. The van der Waals surface area contributed by atoms with Crippen molar-refractivity contribution in [1.82, 2.24) is 20.3 Å². The van der Waals surface area contributed by atoms with Gasteiger partial charge in [-0.3, -0.25) is 14.5 Å². The number of allylic oxidation sites excluding steroid dienone is 1. The Labute approximate surface area is 224 Å². The van der Waals surface area contributed by atoms with Crippen molar-refractivity contribution in [1.29, 1.82) is 0 Å². The highest BCUT2D eigenvalue weighted by Gasteiger charge is 2.62. The zero-order valence-electron chi connectivity index (χ0n) is 21.3. The van der Waals surface area contributed by atoms with E-state index in [9.17, 15) is 36.0 Å². The summed E-state index contributed by atoms with van der Waals surface area (Å²) in [5.74, 6) is -2.83. The predicted octanol–water partition coefficient (Wildman–Crippen LogP) is 2.46. The number of ether oxygens (including phenoxy) is 1. The number of fused-ring (bicyclic) bond motifs is 1. The molecule has 0 bridgehead atoms. The van der Waals surface area contributed by atoms with E-state index in [2.05, 4.69) is 10.6 Å². The SMILES string of the molecule is CCCC/C=C\[C@@H]1C[C@]1(NC(=O)[C@@H]1C[C@@H](OC(=O)N2Cc3ccccc3C2)CN1)C(=O)NS(=O)(=O)C(F)(F)F. The van der Waals surface area contributed by atoms with Crippen LogP contribution in [-0.2, 0) is 37.4 Å². The maximum atomic E-state index is 13.0. The topological polar surface area (TPSA) is 134 Å². The number of nitrogens with one attached hydrogen (secondary N) is 3. The van der Waals surface area contributed by atoms with Crippen LogP contribution in [0.3, 0.4) is 0 Å². The first kappa shape index (κ1) is 28.9. The first-order valence-corrected chi connectivity index (χ1v) is 14.2. The maximum absolute atomic E-state index is 13.0.